The Kier molecular flexibility index (Phi) is 6.30. The minimum atomic E-state index is -5.21. The van der Waals surface area contributed by atoms with Crippen molar-refractivity contribution in [1.82, 2.24) is 12.3 Å². The first kappa shape index (κ1) is 23.1. The molecule has 0 fully saturated rings. The van der Waals surface area contributed by atoms with Gasteiger partial charge in [0.15, 0.2) is 0 Å². The summed E-state index contributed by atoms with van der Waals surface area (Å²) in [6.45, 7) is 0. The molecule has 142 valence electrons. The van der Waals surface area contributed by atoms with Crippen molar-refractivity contribution in [3.05, 3.63) is 24.3 Å². The second-order valence-corrected chi connectivity index (χ2v) is 8.47. The first-order chi connectivity index (χ1) is 10.2. The summed E-state index contributed by atoms with van der Waals surface area (Å²) in [7, 11) is -15.4. The molecule has 2 aromatic carbocycles. The van der Waals surface area contributed by atoms with Crippen LogP contribution in [0.3, 0.4) is 0 Å². The highest BCUT2D eigenvalue weighted by atomic mass is 32.2. The number of quaternary nitrogens is 2. The van der Waals surface area contributed by atoms with Crippen molar-refractivity contribution in [2.45, 2.75) is 14.7 Å². The molecule has 0 spiro atoms. The maximum atomic E-state index is 11.2. The van der Waals surface area contributed by atoms with Gasteiger partial charge in [-0.25, -0.2) is 25.3 Å². The normalized spacial score (nSPS) is 12.3. The summed E-state index contributed by atoms with van der Waals surface area (Å²) >= 11 is 0. The maximum absolute atomic E-state index is 11.2. The molecule has 0 saturated carbocycles. The first-order valence-electron chi connectivity index (χ1n) is 5.46. The van der Waals surface area contributed by atoms with E-state index >= 15 is 0 Å². The summed E-state index contributed by atoms with van der Waals surface area (Å²) in [5.74, 6) is 0. The van der Waals surface area contributed by atoms with E-state index in [1.807, 2.05) is 0 Å². The Labute approximate surface area is 143 Å². The molecule has 15 heteroatoms. The molecule has 0 aliphatic rings. The smallest absolute Gasteiger partial charge is 0.126 e. The molecule has 0 heterocycles. The lowest BCUT2D eigenvalue weighted by Crippen LogP contribution is -2.07. The number of nitrogen functional groups attached to an aromatic ring is 1. The van der Waals surface area contributed by atoms with Crippen molar-refractivity contribution in [2.24, 2.45) is 0 Å². The van der Waals surface area contributed by atoms with Crippen LogP contribution in [-0.4, -0.2) is 38.9 Å². The lowest BCUT2D eigenvalue weighted by Gasteiger charge is -2.17. The molecular weight excluding hydrogens is 402 g/mol. The van der Waals surface area contributed by atoms with Crippen LogP contribution in [0.2, 0.25) is 0 Å². The molecule has 0 unspecified atom stereocenters. The number of nitrogens with two attached hydrogens (primary N) is 1. The number of anilines is 1. The lowest BCUT2D eigenvalue weighted by atomic mass is 10.1. The highest BCUT2D eigenvalue weighted by Crippen LogP contribution is 2.32. The molecule has 0 atom stereocenters. The van der Waals surface area contributed by atoms with E-state index in [-0.39, 0.29) is 12.3 Å². The molecule has 0 aliphatic heterocycles. The average molecular weight is 416 g/mol. The van der Waals surface area contributed by atoms with Gasteiger partial charge in [-0.1, -0.05) is 0 Å². The highest BCUT2D eigenvalue weighted by Gasteiger charge is 2.16. The van der Waals surface area contributed by atoms with E-state index in [9.17, 15) is 38.9 Å². The molecule has 2 rings (SSSR count). The Balaban J connectivity index is 0.00000288. The third kappa shape index (κ3) is 4.61. The van der Waals surface area contributed by atoms with Crippen molar-refractivity contribution in [1.29, 1.82) is 0 Å². The Morgan fingerprint density at radius 2 is 1.16 bits per heavy atom. The number of benzene rings is 2. The van der Waals surface area contributed by atoms with Gasteiger partial charge in [-0.2, -0.15) is 0 Å². The van der Waals surface area contributed by atoms with Crippen LogP contribution in [0.5, 0.6) is 0 Å². The van der Waals surface area contributed by atoms with Gasteiger partial charge in [-0.3, -0.25) is 0 Å². The first-order valence-corrected chi connectivity index (χ1v) is 9.69. The predicted octanol–water partition coefficient (Wildman–Crippen LogP) is -0.113. The number of hydrogen-bond donors (Lipinski definition) is 3. The van der Waals surface area contributed by atoms with Crippen molar-refractivity contribution >= 4 is 46.8 Å². The summed E-state index contributed by atoms with van der Waals surface area (Å²) in [5.41, 5.74) is 4.72. The highest BCUT2D eigenvalue weighted by molar-refractivity contribution is 7.87. The van der Waals surface area contributed by atoms with Crippen LogP contribution in [-0.2, 0) is 30.4 Å². The van der Waals surface area contributed by atoms with E-state index in [1.165, 1.54) is 0 Å². The lowest BCUT2D eigenvalue weighted by molar-refractivity contribution is 0.460. The zero-order valence-corrected chi connectivity index (χ0v) is 15.2. The van der Waals surface area contributed by atoms with Gasteiger partial charge in [-0.15, -0.1) is 0 Å². The maximum Gasteiger partial charge on any atom is 0.126 e. The Morgan fingerprint density at radius 1 is 0.680 bits per heavy atom. The van der Waals surface area contributed by atoms with Crippen LogP contribution in [0.4, 0.5) is 5.69 Å². The van der Waals surface area contributed by atoms with E-state index in [0.29, 0.717) is 18.2 Å². The van der Waals surface area contributed by atoms with Gasteiger partial charge in [0.05, 0.1) is 14.7 Å². The molecule has 0 radical (unpaired) electrons. The van der Waals surface area contributed by atoms with Gasteiger partial charge in [0.25, 0.3) is 0 Å². The van der Waals surface area contributed by atoms with E-state index in [2.05, 4.69) is 0 Å². The summed E-state index contributed by atoms with van der Waals surface area (Å²) in [5, 5.41) is -0.850. The van der Waals surface area contributed by atoms with Gasteiger partial charge >= 0.3 is 0 Å². The summed E-state index contributed by atoms with van der Waals surface area (Å²) in [6, 6.07) is 2.31. The van der Waals surface area contributed by atoms with E-state index in [0.717, 1.165) is 6.07 Å². The predicted molar refractivity (Wildman–Crippen MR) is 84.2 cm³/mol. The number of rotatable bonds is 3. The van der Waals surface area contributed by atoms with Gasteiger partial charge in [0.1, 0.15) is 30.4 Å². The molecule has 12 nitrogen and oxygen atoms in total. The van der Waals surface area contributed by atoms with Gasteiger partial charge in [-0.05, 0) is 29.7 Å². The van der Waals surface area contributed by atoms with Gasteiger partial charge in [0.2, 0.25) is 0 Å². The van der Waals surface area contributed by atoms with Crippen LogP contribution in [0.25, 0.3) is 10.8 Å². The summed E-state index contributed by atoms with van der Waals surface area (Å²) < 4.78 is 100. The molecule has 0 saturated heterocycles. The Hall–Kier alpha value is -1.85. The van der Waals surface area contributed by atoms with Crippen molar-refractivity contribution in [3.63, 3.8) is 0 Å². The molecule has 2 aromatic rings. The molecule has 25 heavy (non-hydrogen) atoms. The fourth-order valence-corrected chi connectivity index (χ4v) is 3.86. The Morgan fingerprint density at radius 3 is 1.56 bits per heavy atom. The largest absolute Gasteiger partial charge is 0.744 e. The second kappa shape index (κ2) is 6.81. The van der Waals surface area contributed by atoms with E-state index in [1.54, 1.807) is 0 Å². The second-order valence-electron chi connectivity index (χ2n) is 4.39. The Bertz CT molecular complexity index is 1140. The zero-order chi connectivity index (χ0) is 17.8. The fraction of sp³-hybridized carbons (Fsp3) is 0. The minimum absolute atomic E-state index is 0. The van der Waals surface area contributed by atoms with Crippen LogP contribution in [0.1, 0.15) is 0 Å². The topological polar surface area (TPSA) is 271 Å². The minimum Gasteiger partial charge on any atom is -0.744 e. The van der Waals surface area contributed by atoms with E-state index < -0.39 is 61.5 Å². The van der Waals surface area contributed by atoms with E-state index in [4.69, 9.17) is 5.73 Å². The van der Waals surface area contributed by atoms with Gasteiger partial charge < -0.3 is 31.7 Å². The number of hydrogen-bond acceptors (Lipinski definition) is 10. The molecule has 0 aliphatic carbocycles. The van der Waals surface area contributed by atoms with Crippen LogP contribution < -0.4 is 18.0 Å². The van der Waals surface area contributed by atoms with Gasteiger partial charge in [0, 0.05) is 11.1 Å². The SMILES string of the molecule is Nc1cc2c(S(=O)(=O)[O-])cc(S(=O)(=O)[O-])cc2cc1S(=O)(=O)[O-].[NH4+].[NH4+]. The third-order valence-electron chi connectivity index (χ3n) is 2.85. The molecule has 0 bridgehead atoms. The van der Waals surface area contributed by atoms with Crippen molar-refractivity contribution < 1.29 is 38.9 Å². The molecule has 0 aromatic heterocycles. The monoisotopic (exact) mass is 416 g/mol. The zero-order valence-electron chi connectivity index (χ0n) is 12.8. The molecular formula is C10H14N3O9S3-. The number of fused-ring (bicyclic) bond motifs is 1. The third-order valence-corrected chi connectivity index (χ3v) is 5.43. The van der Waals surface area contributed by atoms with Crippen molar-refractivity contribution in [3.8, 4) is 0 Å². The fourth-order valence-electron chi connectivity index (χ4n) is 1.91. The summed E-state index contributed by atoms with van der Waals surface area (Å²) in [6.07, 6.45) is 0. The summed E-state index contributed by atoms with van der Waals surface area (Å²) in [4.78, 5) is -3.09. The van der Waals surface area contributed by atoms with Crippen LogP contribution in [0.15, 0.2) is 39.0 Å². The van der Waals surface area contributed by atoms with Crippen LogP contribution >= 0.6 is 0 Å². The molecule has 0 amide bonds. The standard InChI is InChI=1S/C10H9NO9S3.2H3N/c11-8-4-7-5(2-10(8)23(18,19)20)1-6(21(12,13)14)3-9(7)22(15,16)17;;/h1-4H,11H2,(H,12,13,14)(H,15,16,17)(H,18,19,20);2*1H3/p-1. The van der Waals surface area contributed by atoms with Crippen LogP contribution in [0, 0.1) is 0 Å². The average Bonchev–Trinajstić information content (AvgIpc) is 2.32. The quantitative estimate of drug-likeness (QED) is 0.440. The van der Waals surface area contributed by atoms with Crippen molar-refractivity contribution in [2.75, 3.05) is 5.73 Å². The molecule has 10 N–H and O–H groups in total.